The van der Waals surface area contributed by atoms with Crippen LogP contribution in [0.15, 0.2) is 48.5 Å². The fourth-order valence-electron chi connectivity index (χ4n) is 1.97. The summed E-state index contributed by atoms with van der Waals surface area (Å²) in [6.45, 7) is 0. The van der Waals surface area contributed by atoms with Crippen LogP contribution in [0.5, 0.6) is 0 Å². The first-order chi connectivity index (χ1) is 9.61. The topological polar surface area (TPSA) is 63.6 Å². The second-order valence-corrected chi connectivity index (χ2v) is 4.33. The lowest BCUT2D eigenvalue weighted by Gasteiger charge is -2.08. The summed E-state index contributed by atoms with van der Waals surface area (Å²) in [4.78, 5) is 22.5. The van der Waals surface area contributed by atoms with Gasteiger partial charge in [0.2, 0.25) is 0 Å². The molecule has 0 aliphatic heterocycles. The molecular weight excluding hydrogens is 256 g/mol. The maximum Gasteiger partial charge on any atom is 0.338 e. The molecular formula is C16H14O4. The van der Waals surface area contributed by atoms with Gasteiger partial charge in [0.1, 0.15) is 0 Å². The number of methoxy groups -OCH3 is 1. The molecule has 0 aliphatic rings. The Morgan fingerprint density at radius 3 is 2.30 bits per heavy atom. The highest BCUT2D eigenvalue weighted by Crippen LogP contribution is 2.16. The number of hydrogen-bond donors (Lipinski definition) is 1. The van der Waals surface area contributed by atoms with E-state index in [1.165, 1.54) is 7.11 Å². The van der Waals surface area contributed by atoms with Crippen molar-refractivity contribution in [1.82, 2.24) is 0 Å². The first-order valence-corrected chi connectivity index (χ1v) is 6.10. The second-order valence-electron chi connectivity index (χ2n) is 4.33. The van der Waals surface area contributed by atoms with Crippen LogP contribution in [0.1, 0.15) is 31.8 Å². The van der Waals surface area contributed by atoms with E-state index < -0.39 is 5.97 Å². The summed E-state index contributed by atoms with van der Waals surface area (Å²) in [5, 5.41) is 8.85. The summed E-state index contributed by atoms with van der Waals surface area (Å²) in [6, 6.07) is 13.8. The van der Waals surface area contributed by atoms with E-state index >= 15 is 0 Å². The molecule has 20 heavy (non-hydrogen) atoms. The van der Waals surface area contributed by atoms with Crippen molar-refractivity contribution >= 4 is 11.9 Å². The molecule has 4 heteroatoms. The van der Waals surface area contributed by atoms with Crippen molar-refractivity contribution in [1.29, 1.82) is 0 Å². The number of aromatic carboxylic acids is 1. The molecule has 0 aliphatic carbocycles. The molecule has 2 aromatic carbocycles. The standard InChI is InChI=1S/C16H14O4/c1-20-16(19)14-5-3-2-4-13(14)10-11-6-8-12(9-7-11)15(17)18/h2-9H,10H2,1H3,(H,17,18). The third kappa shape index (κ3) is 3.03. The number of carbonyl (C=O) groups is 2. The SMILES string of the molecule is COC(=O)c1ccccc1Cc1ccc(C(=O)O)cc1. The zero-order valence-corrected chi connectivity index (χ0v) is 11.0. The van der Waals surface area contributed by atoms with Gasteiger partial charge in [0.15, 0.2) is 0 Å². The third-order valence-corrected chi connectivity index (χ3v) is 3.02. The van der Waals surface area contributed by atoms with Crippen LogP contribution in [0, 0.1) is 0 Å². The molecule has 0 amide bonds. The lowest BCUT2D eigenvalue weighted by Crippen LogP contribution is -2.06. The van der Waals surface area contributed by atoms with Crippen LogP contribution in [-0.2, 0) is 11.2 Å². The molecule has 102 valence electrons. The Balaban J connectivity index is 2.26. The van der Waals surface area contributed by atoms with E-state index in [4.69, 9.17) is 9.84 Å². The van der Waals surface area contributed by atoms with Gasteiger partial charge in [-0.3, -0.25) is 0 Å². The van der Waals surface area contributed by atoms with E-state index in [9.17, 15) is 9.59 Å². The predicted octanol–water partition coefficient (Wildman–Crippen LogP) is 2.76. The Morgan fingerprint density at radius 2 is 1.70 bits per heavy atom. The molecule has 0 bridgehead atoms. The van der Waals surface area contributed by atoms with Crippen molar-refractivity contribution in [3.05, 3.63) is 70.8 Å². The number of carboxylic acid groups (broad SMARTS) is 1. The van der Waals surface area contributed by atoms with Crippen molar-refractivity contribution in [3.8, 4) is 0 Å². The van der Waals surface area contributed by atoms with E-state index in [2.05, 4.69) is 0 Å². The lowest BCUT2D eigenvalue weighted by molar-refractivity contribution is 0.0598. The molecule has 0 aromatic heterocycles. The molecule has 0 spiro atoms. The van der Waals surface area contributed by atoms with Crippen LogP contribution in [0.25, 0.3) is 0 Å². The molecule has 4 nitrogen and oxygen atoms in total. The van der Waals surface area contributed by atoms with Crippen molar-refractivity contribution < 1.29 is 19.4 Å². The largest absolute Gasteiger partial charge is 0.478 e. The number of ether oxygens (including phenoxy) is 1. The highest BCUT2D eigenvalue weighted by molar-refractivity contribution is 5.91. The van der Waals surface area contributed by atoms with Gasteiger partial charge in [-0.05, 0) is 35.7 Å². The molecule has 0 fully saturated rings. The van der Waals surface area contributed by atoms with E-state index in [0.717, 1.165) is 11.1 Å². The van der Waals surface area contributed by atoms with Crippen LogP contribution in [0.3, 0.4) is 0 Å². The van der Waals surface area contributed by atoms with Crippen LogP contribution in [-0.4, -0.2) is 24.2 Å². The van der Waals surface area contributed by atoms with Gasteiger partial charge in [-0.15, -0.1) is 0 Å². The van der Waals surface area contributed by atoms with Gasteiger partial charge in [0.25, 0.3) is 0 Å². The van der Waals surface area contributed by atoms with Crippen LogP contribution >= 0.6 is 0 Å². The first kappa shape index (κ1) is 13.8. The van der Waals surface area contributed by atoms with E-state index in [0.29, 0.717) is 12.0 Å². The minimum atomic E-state index is -0.952. The summed E-state index contributed by atoms with van der Waals surface area (Å²) in [7, 11) is 1.35. The minimum Gasteiger partial charge on any atom is -0.478 e. The molecule has 0 radical (unpaired) electrons. The molecule has 1 N–H and O–H groups in total. The first-order valence-electron chi connectivity index (χ1n) is 6.10. The van der Waals surface area contributed by atoms with E-state index in [1.54, 1.807) is 36.4 Å². The van der Waals surface area contributed by atoms with Crippen molar-refractivity contribution in [3.63, 3.8) is 0 Å². The summed E-state index contributed by atoms with van der Waals surface area (Å²) in [5.74, 6) is -1.32. The molecule has 0 unspecified atom stereocenters. The Labute approximate surface area is 116 Å². The normalized spacial score (nSPS) is 10.1. The Hall–Kier alpha value is -2.62. The fourth-order valence-corrected chi connectivity index (χ4v) is 1.97. The zero-order chi connectivity index (χ0) is 14.5. The Morgan fingerprint density at radius 1 is 1.05 bits per heavy atom. The number of hydrogen-bond acceptors (Lipinski definition) is 3. The van der Waals surface area contributed by atoms with Gasteiger partial charge < -0.3 is 9.84 Å². The summed E-state index contributed by atoms with van der Waals surface area (Å²) in [6.07, 6.45) is 0.547. The van der Waals surface area contributed by atoms with Gasteiger partial charge in [0.05, 0.1) is 18.2 Å². The fraction of sp³-hybridized carbons (Fsp3) is 0.125. The van der Waals surface area contributed by atoms with Crippen molar-refractivity contribution in [2.75, 3.05) is 7.11 Å². The number of carboxylic acids is 1. The molecule has 0 atom stereocenters. The van der Waals surface area contributed by atoms with Gasteiger partial charge in [-0.25, -0.2) is 9.59 Å². The van der Waals surface area contributed by atoms with Crippen LogP contribution in [0.2, 0.25) is 0 Å². The van der Waals surface area contributed by atoms with Crippen LogP contribution < -0.4 is 0 Å². The maximum atomic E-state index is 11.7. The summed E-state index contributed by atoms with van der Waals surface area (Å²) >= 11 is 0. The predicted molar refractivity (Wildman–Crippen MR) is 74.0 cm³/mol. The number of esters is 1. The maximum absolute atomic E-state index is 11.7. The average Bonchev–Trinajstić information content (AvgIpc) is 2.47. The third-order valence-electron chi connectivity index (χ3n) is 3.02. The monoisotopic (exact) mass is 270 g/mol. The molecule has 2 aromatic rings. The van der Waals surface area contributed by atoms with Gasteiger partial charge in [0, 0.05) is 0 Å². The zero-order valence-electron chi connectivity index (χ0n) is 11.0. The lowest BCUT2D eigenvalue weighted by atomic mass is 9.99. The average molecular weight is 270 g/mol. The molecule has 0 saturated carbocycles. The number of benzene rings is 2. The Kier molecular flexibility index (Phi) is 4.15. The second kappa shape index (κ2) is 6.02. The van der Waals surface area contributed by atoms with Crippen LogP contribution in [0.4, 0.5) is 0 Å². The van der Waals surface area contributed by atoms with Gasteiger partial charge >= 0.3 is 11.9 Å². The quantitative estimate of drug-likeness (QED) is 0.868. The smallest absolute Gasteiger partial charge is 0.338 e. The highest BCUT2D eigenvalue weighted by atomic mass is 16.5. The van der Waals surface area contributed by atoms with Gasteiger partial charge in [-0.1, -0.05) is 30.3 Å². The Bertz CT molecular complexity index is 629. The van der Waals surface area contributed by atoms with Gasteiger partial charge in [-0.2, -0.15) is 0 Å². The van der Waals surface area contributed by atoms with E-state index in [1.807, 2.05) is 12.1 Å². The van der Waals surface area contributed by atoms with E-state index in [-0.39, 0.29) is 11.5 Å². The number of carbonyl (C=O) groups excluding carboxylic acids is 1. The molecule has 0 saturated heterocycles. The summed E-state index contributed by atoms with van der Waals surface area (Å²) in [5.41, 5.74) is 2.56. The van der Waals surface area contributed by atoms with Crippen molar-refractivity contribution in [2.24, 2.45) is 0 Å². The number of rotatable bonds is 4. The summed E-state index contributed by atoms with van der Waals surface area (Å²) < 4.78 is 4.75. The molecule has 2 rings (SSSR count). The van der Waals surface area contributed by atoms with Crippen molar-refractivity contribution in [2.45, 2.75) is 6.42 Å². The highest BCUT2D eigenvalue weighted by Gasteiger charge is 2.11. The minimum absolute atomic E-state index is 0.245. The molecule has 0 heterocycles.